The number of ether oxygens (including phenoxy) is 1. The first-order valence-corrected chi connectivity index (χ1v) is 11.3. The second-order valence-electron chi connectivity index (χ2n) is 9.40. The van der Waals surface area contributed by atoms with Crippen molar-refractivity contribution >= 4 is 11.8 Å². The minimum absolute atomic E-state index is 0.163. The van der Waals surface area contributed by atoms with Crippen LogP contribution in [0.3, 0.4) is 0 Å². The monoisotopic (exact) mass is 445 g/mol. The lowest BCUT2D eigenvalue weighted by atomic mass is 9.80. The molecule has 2 aromatic carbocycles. The summed E-state index contributed by atoms with van der Waals surface area (Å²) >= 11 is 0. The molecule has 6 nitrogen and oxygen atoms in total. The Morgan fingerprint density at radius 3 is 2.42 bits per heavy atom. The molecule has 0 aliphatic carbocycles. The maximum Gasteiger partial charge on any atom is 0.411 e. The Morgan fingerprint density at radius 1 is 1.12 bits per heavy atom. The van der Waals surface area contributed by atoms with Crippen LogP contribution in [0.25, 0.3) is 11.3 Å². The van der Waals surface area contributed by atoms with Crippen molar-refractivity contribution in [2.24, 2.45) is 0 Å². The van der Waals surface area contributed by atoms with E-state index >= 15 is 0 Å². The molecule has 2 heterocycles. The highest BCUT2D eigenvalue weighted by atomic mass is 16.6. The van der Waals surface area contributed by atoms with Crippen LogP contribution in [-0.4, -0.2) is 33.2 Å². The van der Waals surface area contributed by atoms with E-state index in [0.29, 0.717) is 25.1 Å². The van der Waals surface area contributed by atoms with Gasteiger partial charge in [0.1, 0.15) is 5.60 Å². The van der Waals surface area contributed by atoms with Crippen LogP contribution in [0, 0.1) is 0 Å². The zero-order chi connectivity index (χ0) is 23.6. The van der Waals surface area contributed by atoms with E-state index in [4.69, 9.17) is 10.5 Å². The number of anilines is 1. The predicted octanol–water partition coefficient (Wildman–Crippen LogP) is 5.29. The molecular formula is C27H31N3O3. The quantitative estimate of drug-likeness (QED) is 0.538. The van der Waals surface area contributed by atoms with E-state index in [0.717, 1.165) is 22.4 Å². The zero-order valence-electron chi connectivity index (χ0n) is 19.4. The molecular weight excluding hydrogens is 414 g/mol. The number of aromatic nitrogens is 1. The third kappa shape index (κ3) is 4.86. The number of cyclic esters (lactones) is 1. The lowest BCUT2D eigenvalue weighted by Gasteiger charge is -2.45. The van der Waals surface area contributed by atoms with E-state index in [-0.39, 0.29) is 12.1 Å². The fourth-order valence-corrected chi connectivity index (χ4v) is 4.65. The van der Waals surface area contributed by atoms with Gasteiger partial charge in [-0.1, -0.05) is 54.6 Å². The molecule has 172 valence electrons. The van der Waals surface area contributed by atoms with Gasteiger partial charge in [-0.25, -0.2) is 4.79 Å². The summed E-state index contributed by atoms with van der Waals surface area (Å²) in [6.45, 7) is 6.02. The van der Waals surface area contributed by atoms with Crippen molar-refractivity contribution in [1.82, 2.24) is 9.88 Å². The smallest absolute Gasteiger partial charge is 0.411 e. The first kappa shape index (κ1) is 22.8. The number of carbonyl (C=O) groups excluding carboxylic acids is 1. The summed E-state index contributed by atoms with van der Waals surface area (Å²) in [4.78, 5) is 19.3. The van der Waals surface area contributed by atoms with Gasteiger partial charge in [0.15, 0.2) is 0 Å². The molecule has 1 fully saturated rings. The summed E-state index contributed by atoms with van der Waals surface area (Å²) in [5.74, 6) is 0. The van der Waals surface area contributed by atoms with Gasteiger partial charge in [0.05, 0.1) is 23.0 Å². The average Bonchev–Trinajstić information content (AvgIpc) is 2.79. The van der Waals surface area contributed by atoms with E-state index in [1.165, 1.54) is 0 Å². The standard InChI is InChI=1S/C27H31N3O3/c1-19(20-11-13-21(14-12-20)24-23(28)10-7-16-29-24)30-17-15-27(33-25(30)31,18-26(2,3)32)22-8-5-4-6-9-22/h4-14,16,19,32H,15,17-18,28H2,1-3H3/t19-,27-/m0/s1. The normalized spacial score (nSPS) is 19.8. The van der Waals surface area contributed by atoms with Crippen LogP contribution in [0.15, 0.2) is 72.9 Å². The van der Waals surface area contributed by atoms with Crippen molar-refractivity contribution in [3.05, 3.63) is 84.1 Å². The molecule has 0 spiro atoms. The van der Waals surface area contributed by atoms with E-state index in [2.05, 4.69) is 4.98 Å². The lowest BCUT2D eigenvalue weighted by Crippen LogP contribution is -2.51. The molecule has 3 N–H and O–H groups in total. The van der Waals surface area contributed by atoms with Gasteiger partial charge in [-0.3, -0.25) is 4.98 Å². The van der Waals surface area contributed by atoms with Gasteiger partial charge in [-0.05, 0) is 44.0 Å². The topological polar surface area (TPSA) is 88.7 Å². The third-order valence-electron chi connectivity index (χ3n) is 6.26. The van der Waals surface area contributed by atoms with Crippen molar-refractivity contribution in [2.75, 3.05) is 12.3 Å². The molecule has 3 aromatic rings. The molecule has 1 aliphatic heterocycles. The number of benzene rings is 2. The third-order valence-corrected chi connectivity index (χ3v) is 6.26. The maximum absolute atomic E-state index is 13.2. The second-order valence-corrected chi connectivity index (χ2v) is 9.40. The average molecular weight is 446 g/mol. The van der Waals surface area contributed by atoms with Crippen LogP contribution in [-0.2, 0) is 10.3 Å². The Bertz CT molecular complexity index is 1110. The number of nitrogens with zero attached hydrogens (tertiary/aromatic N) is 2. The molecule has 1 aliphatic rings. The number of nitrogen functional groups attached to an aromatic ring is 1. The molecule has 1 amide bonds. The van der Waals surface area contributed by atoms with Crippen LogP contribution in [0.2, 0.25) is 0 Å². The summed E-state index contributed by atoms with van der Waals surface area (Å²) in [5.41, 5.74) is 8.43. The predicted molar refractivity (Wildman–Crippen MR) is 129 cm³/mol. The van der Waals surface area contributed by atoms with E-state index < -0.39 is 11.2 Å². The largest absolute Gasteiger partial charge is 0.438 e. The van der Waals surface area contributed by atoms with Gasteiger partial charge < -0.3 is 20.5 Å². The lowest BCUT2D eigenvalue weighted by molar-refractivity contribution is -0.101. The highest BCUT2D eigenvalue weighted by molar-refractivity contribution is 5.73. The molecule has 0 bridgehead atoms. The molecule has 0 saturated carbocycles. The number of nitrogens with two attached hydrogens (primary N) is 1. The SMILES string of the molecule is C[C@@H](c1ccc(-c2ncccc2N)cc1)N1CC[C@](CC(C)(C)O)(c2ccccc2)OC1=O. The van der Waals surface area contributed by atoms with Crippen molar-refractivity contribution in [3.8, 4) is 11.3 Å². The Hall–Kier alpha value is -3.38. The molecule has 1 aromatic heterocycles. The van der Waals surface area contributed by atoms with Gasteiger partial charge in [-0.15, -0.1) is 0 Å². The Labute approximate surface area is 195 Å². The molecule has 0 radical (unpaired) electrons. The second kappa shape index (κ2) is 8.87. The first-order valence-electron chi connectivity index (χ1n) is 11.3. The molecule has 1 saturated heterocycles. The van der Waals surface area contributed by atoms with Crippen molar-refractivity contribution in [3.63, 3.8) is 0 Å². The fourth-order valence-electron chi connectivity index (χ4n) is 4.65. The van der Waals surface area contributed by atoms with E-state index in [1.807, 2.05) is 73.7 Å². The van der Waals surface area contributed by atoms with E-state index in [9.17, 15) is 9.90 Å². The van der Waals surface area contributed by atoms with Gasteiger partial charge in [0, 0.05) is 31.1 Å². The van der Waals surface area contributed by atoms with Crippen LogP contribution in [0.4, 0.5) is 10.5 Å². The summed E-state index contributed by atoms with van der Waals surface area (Å²) in [7, 11) is 0. The molecule has 33 heavy (non-hydrogen) atoms. The Balaban J connectivity index is 1.54. The van der Waals surface area contributed by atoms with Gasteiger partial charge >= 0.3 is 6.09 Å². The highest BCUT2D eigenvalue weighted by Crippen LogP contribution is 2.42. The summed E-state index contributed by atoms with van der Waals surface area (Å²) < 4.78 is 6.10. The maximum atomic E-state index is 13.2. The van der Waals surface area contributed by atoms with Gasteiger partial charge in [-0.2, -0.15) is 0 Å². The minimum Gasteiger partial charge on any atom is -0.438 e. The fraction of sp³-hybridized carbons (Fsp3) is 0.333. The number of carbonyl (C=O) groups is 1. The van der Waals surface area contributed by atoms with Gasteiger partial charge in [0.25, 0.3) is 0 Å². The van der Waals surface area contributed by atoms with Crippen molar-refractivity contribution in [1.29, 1.82) is 0 Å². The highest BCUT2D eigenvalue weighted by Gasteiger charge is 2.46. The van der Waals surface area contributed by atoms with Crippen LogP contribution in [0.1, 0.15) is 50.8 Å². The number of hydrogen-bond acceptors (Lipinski definition) is 5. The summed E-state index contributed by atoms with van der Waals surface area (Å²) in [6.07, 6.45) is 2.27. The first-order chi connectivity index (χ1) is 15.7. The van der Waals surface area contributed by atoms with Crippen LogP contribution >= 0.6 is 0 Å². The number of aliphatic hydroxyl groups is 1. The minimum atomic E-state index is -0.979. The number of amides is 1. The number of hydrogen-bond donors (Lipinski definition) is 2. The molecule has 4 rings (SSSR count). The molecule has 2 atom stereocenters. The van der Waals surface area contributed by atoms with Crippen molar-refractivity contribution in [2.45, 2.75) is 50.9 Å². The van der Waals surface area contributed by atoms with E-state index in [1.54, 1.807) is 24.9 Å². The zero-order valence-corrected chi connectivity index (χ0v) is 19.4. The summed E-state index contributed by atoms with van der Waals surface area (Å²) in [5, 5.41) is 10.6. The molecule has 0 unspecified atom stereocenters. The molecule has 6 heteroatoms. The van der Waals surface area contributed by atoms with Gasteiger partial charge in [0.2, 0.25) is 0 Å². The number of rotatable bonds is 6. The number of pyridine rings is 1. The Morgan fingerprint density at radius 2 is 1.82 bits per heavy atom. The van der Waals surface area contributed by atoms with Crippen LogP contribution < -0.4 is 5.73 Å². The van der Waals surface area contributed by atoms with Crippen LogP contribution in [0.5, 0.6) is 0 Å². The Kier molecular flexibility index (Phi) is 6.13. The van der Waals surface area contributed by atoms with Crippen molar-refractivity contribution < 1.29 is 14.6 Å². The summed E-state index contributed by atoms with van der Waals surface area (Å²) in [6, 6.07) is 21.1.